The summed E-state index contributed by atoms with van der Waals surface area (Å²) in [5.74, 6) is 1.13. The van der Waals surface area contributed by atoms with Gasteiger partial charge in [0.05, 0.1) is 17.6 Å². The van der Waals surface area contributed by atoms with Crippen molar-refractivity contribution in [2.45, 2.75) is 18.9 Å². The molecule has 4 N–H and O–H groups in total. The molecule has 0 spiro atoms. The Balaban J connectivity index is 1.35. The van der Waals surface area contributed by atoms with Crippen LogP contribution < -0.4 is 16.6 Å². The summed E-state index contributed by atoms with van der Waals surface area (Å²) >= 11 is 0. The van der Waals surface area contributed by atoms with Crippen LogP contribution >= 0.6 is 0 Å². The molecule has 0 aliphatic carbocycles. The van der Waals surface area contributed by atoms with E-state index >= 15 is 0 Å². The molecule has 2 aliphatic rings. The van der Waals surface area contributed by atoms with Gasteiger partial charge in [0.2, 0.25) is 0 Å². The Hall–Kier alpha value is -3.45. The molecular weight excluding hydrogens is 386 g/mol. The fourth-order valence-electron chi connectivity index (χ4n) is 4.41. The minimum Gasteiger partial charge on any atom is -0.399 e. The third-order valence-electron chi connectivity index (χ3n) is 6.28. The van der Waals surface area contributed by atoms with E-state index in [0.717, 1.165) is 52.8 Å². The lowest BCUT2D eigenvalue weighted by Gasteiger charge is -2.38. The van der Waals surface area contributed by atoms with E-state index in [1.54, 1.807) is 0 Å². The SMILES string of the molecule is CN(C)C1CCN(C2=CC=C(c3ccn4c(-c5cccc(N)c5)cnc4c3)NN2)CC1. The second-order valence-electron chi connectivity index (χ2n) is 8.48. The van der Waals surface area contributed by atoms with E-state index in [1.807, 2.05) is 24.4 Å². The molecule has 3 aromatic rings. The van der Waals surface area contributed by atoms with Crippen molar-refractivity contribution in [3.63, 3.8) is 0 Å². The molecule has 1 saturated heterocycles. The van der Waals surface area contributed by atoms with E-state index in [1.165, 1.54) is 12.8 Å². The minimum atomic E-state index is 0.679. The molecule has 0 saturated carbocycles. The molecule has 0 atom stereocenters. The van der Waals surface area contributed by atoms with Crippen LogP contribution in [0.25, 0.3) is 22.6 Å². The number of nitrogen functional groups attached to an aromatic ring is 1. The molecule has 7 heteroatoms. The second kappa shape index (κ2) is 8.00. The summed E-state index contributed by atoms with van der Waals surface area (Å²) < 4.78 is 2.09. The molecule has 4 heterocycles. The van der Waals surface area contributed by atoms with Gasteiger partial charge in [0, 0.05) is 42.1 Å². The van der Waals surface area contributed by atoms with Gasteiger partial charge in [-0.05, 0) is 63.4 Å². The van der Waals surface area contributed by atoms with Crippen LogP contribution in [-0.2, 0) is 0 Å². The number of anilines is 1. The van der Waals surface area contributed by atoms with Gasteiger partial charge < -0.3 is 15.5 Å². The van der Waals surface area contributed by atoms with Crippen LogP contribution in [0.2, 0.25) is 0 Å². The highest BCUT2D eigenvalue weighted by Gasteiger charge is 2.23. The average molecular weight is 416 g/mol. The summed E-state index contributed by atoms with van der Waals surface area (Å²) in [6.45, 7) is 2.14. The number of imidazole rings is 1. The number of nitrogens with zero attached hydrogens (tertiary/aromatic N) is 4. The van der Waals surface area contributed by atoms with E-state index < -0.39 is 0 Å². The van der Waals surface area contributed by atoms with Gasteiger partial charge >= 0.3 is 0 Å². The van der Waals surface area contributed by atoms with E-state index in [2.05, 4.69) is 80.7 Å². The lowest BCUT2D eigenvalue weighted by Crippen LogP contribution is -2.46. The number of fused-ring (bicyclic) bond motifs is 1. The number of hydrogen-bond acceptors (Lipinski definition) is 6. The van der Waals surface area contributed by atoms with E-state index in [0.29, 0.717) is 6.04 Å². The van der Waals surface area contributed by atoms with Crippen LogP contribution in [0.5, 0.6) is 0 Å². The zero-order valence-corrected chi connectivity index (χ0v) is 18.0. The summed E-state index contributed by atoms with van der Waals surface area (Å²) in [7, 11) is 4.34. The lowest BCUT2D eigenvalue weighted by atomic mass is 10.0. The number of nitrogens with two attached hydrogens (primary N) is 1. The van der Waals surface area contributed by atoms with Crippen LogP contribution in [0.1, 0.15) is 18.4 Å². The topological polar surface area (TPSA) is 73.9 Å². The van der Waals surface area contributed by atoms with Gasteiger partial charge in [-0.3, -0.25) is 15.3 Å². The molecule has 2 aliphatic heterocycles. The van der Waals surface area contributed by atoms with E-state index in [4.69, 9.17) is 5.73 Å². The Labute approximate surface area is 182 Å². The maximum atomic E-state index is 5.95. The third kappa shape index (κ3) is 3.84. The first-order valence-corrected chi connectivity index (χ1v) is 10.8. The standard InChI is InChI=1S/C24H29N7/c1-29(2)20-9-11-30(12-10-20)23-7-6-21(27-28-23)17-8-13-31-22(16-26-24(31)15-17)18-4-3-5-19(25)14-18/h3-8,13-16,20,27-28H,9-12,25H2,1-2H3. The Kier molecular flexibility index (Phi) is 5.03. The third-order valence-corrected chi connectivity index (χ3v) is 6.28. The van der Waals surface area contributed by atoms with E-state index in [9.17, 15) is 0 Å². The number of allylic oxidation sites excluding steroid dienone is 2. The summed E-state index contributed by atoms with van der Waals surface area (Å²) in [4.78, 5) is 9.36. The van der Waals surface area contributed by atoms with Crippen molar-refractivity contribution in [3.05, 3.63) is 72.3 Å². The fraction of sp³-hybridized carbons (Fsp3) is 0.292. The molecule has 31 heavy (non-hydrogen) atoms. The van der Waals surface area contributed by atoms with Crippen LogP contribution in [0, 0.1) is 0 Å². The Morgan fingerprint density at radius 3 is 2.58 bits per heavy atom. The molecule has 2 aromatic heterocycles. The number of nitrogens with one attached hydrogen (secondary N) is 2. The number of pyridine rings is 1. The normalized spacial score (nSPS) is 17.3. The Morgan fingerprint density at radius 1 is 1.03 bits per heavy atom. The first-order chi connectivity index (χ1) is 15.1. The summed E-state index contributed by atoms with van der Waals surface area (Å²) in [6.07, 6.45) is 10.6. The van der Waals surface area contributed by atoms with Gasteiger partial charge in [-0.1, -0.05) is 12.1 Å². The van der Waals surface area contributed by atoms with Crippen LogP contribution in [0.3, 0.4) is 0 Å². The molecule has 5 rings (SSSR count). The van der Waals surface area contributed by atoms with Crippen LogP contribution in [0.4, 0.5) is 5.69 Å². The zero-order valence-electron chi connectivity index (χ0n) is 18.0. The van der Waals surface area contributed by atoms with Crippen molar-refractivity contribution in [1.82, 2.24) is 30.0 Å². The summed E-state index contributed by atoms with van der Waals surface area (Å²) in [6, 6.07) is 12.8. The summed E-state index contributed by atoms with van der Waals surface area (Å²) in [5, 5.41) is 0. The second-order valence-corrected chi connectivity index (χ2v) is 8.48. The minimum absolute atomic E-state index is 0.679. The van der Waals surface area contributed by atoms with Crippen molar-refractivity contribution < 1.29 is 0 Å². The highest BCUT2D eigenvalue weighted by atomic mass is 15.4. The molecule has 7 nitrogen and oxygen atoms in total. The zero-order chi connectivity index (χ0) is 21.4. The lowest BCUT2D eigenvalue weighted by molar-refractivity contribution is 0.162. The smallest absolute Gasteiger partial charge is 0.137 e. The van der Waals surface area contributed by atoms with Gasteiger partial charge in [0.1, 0.15) is 11.5 Å². The molecule has 1 fully saturated rings. The Bertz CT molecular complexity index is 1150. The first kappa shape index (κ1) is 19.5. The molecule has 1 aromatic carbocycles. The summed E-state index contributed by atoms with van der Waals surface area (Å²) in [5.41, 5.74) is 18.6. The number of hydrazine groups is 1. The number of aromatic nitrogens is 2. The maximum Gasteiger partial charge on any atom is 0.137 e. The van der Waals surface area contributed by atoms with Crippen LogP contribution in [-0.4, -0.2) is 52.4 Å². The largest absolute Gasteiger partial charge is 0.399 e. The van der Waals surface area contributed by atoms with E-state index in [-0.39, 0.29) is 0 Å². The predicted molar refractivity (Wildman–Crippen MR) is 126 cm³/mol. The predicted octanol–water partition coefficient (Wildman–Crippen LogP) is 2.90. The Morgan fingerprint density at radius 2 is 1.87 bits per heavy atom. The van der Waals surface area contributed by atoms with Crippen molar-refractivity contribution in [2.24, 2.45) is 0 Å². The molecule has 0 amide bonds. The highest BCUT2D eigenvalue weighted by molar-refractivity contribution is 5.72. The first-order valence-electron chi connectivity index (χ1n) is 10.8. The number of likely N-dealkylation sites (tertiary alicyclic amines) is 1. The molecular formula is C24H29N7. The number of benzene rings is 1. The number of rotatable bonds is 4. The van der Waals surface area contributed by atoms with Gasteiger partial charge in [0.25, 0.3) is 0 Å². The number of hydrogen-bond donors (Lipinski definition) is 3. The van der Waals surface area contributed by atoms with Crippen molar-refractivity contribution >= 4 is 17.0 Å². The quantitative estimate of drug-likeness (QED) is 0.569. The van der Waals surface area contributed by atoms with Gasteiger partial charge in [-0.2, -0.15) is 0 Å². The maximum absolute atomic E-state index is 5.95. The molecule has 160 valence electrons. The van der Waals surface area contributed by atoms with Gasteiger partial charge in [-0.25, -0.2) is 4.98 Å². The van der Waals surface area contributed by atoms with Crippen molar-refractivity contribution in [2.75, 3.05) is 32.9 Å². The monoisotopic (exact) mass is 415 g/mol. The van der Waals surface area contributed by atoms with Crippen LogP contribution in [0.15, 0.2) is 66.8 Å². The fourth-order valence-corrected chi connectivity index (χ4v) is 4.41. The highest BCUT2D eigenvalue weighted by Crippen LogP contribution is 2.25. The average Bonchev–Trinajstić information content (AvgIpc) is 3.23. The number of piperidine rings is 1. The van der Waals surface area contributed by atoms with Gasteiger partial charge in [0.15, 0.2) is 0 Å². The molecule has 0 bridgehead atoms. The molecule has 0 radical (unpaired) electrons. The molecule has 0 unspecified atom stereocenters. The van der Waals surface area contributed by atoms with Crippen molar-refractivity contribution in [3.8, 4) is 11.3 Å². The van der Waals surface area contributed by atoms with Crippen molar-refractivity contribution in [1.29, 1.82) is 0 Å². The van der Waals surface area contributed by atoms with Gasteiger partial charge in [-0.15, -0.1) is 0 Å².